The maximum atomic E-state index is 12.2. The van der Waals surface area contributed by atoms with Crippen LogP contribution in [0.15, 0.2) is 52.5 Å². The first kappa shape index (κ1) is 18.0. The topological polar surface area (TPSA) is 38.3 Å². The van der Waals surface area contributed by atoms with Gasteiger partial charge in [0.05, 0.1) is 0 Å². The van der Waals surface area contributed by atoms with Crippen molar-refractivity contribution in [2.24, 2.45) is 0 Å². The van der Waals surface area contributed by atoms with Crippen LogP contribution in [0.25, 0.3) is 10.8 Å². The molecule has 1 amide bonds. The number of amides is 1. The first-order chi connectivity index (χ1) is 12.1. The van der Waals surface area contributed by atoms with Crippen molar-refractivity contribution in [3.63, 3.8) is 0 Å². The van der Waals surface area contributed by atoms with Crippen molar-refractivity contribution < 1.29 is 9.53 Å². The summed E-state index contributed by atoms with van der Waals surface area (Å²) in [5.74, 6) is 0.653. The van der Waals surface area contributed by atoms with Gasteiger partial charge in [-0.05, 0) is 74.1 Å². The average Bonchev–Trinajstić information content (AvgIpc) is 2.62. The Morgan fingerprint density at radius 1 is 1.20 bits per heavy atom. The Morgan fingerprint density at radius 2 is 2.00 bits per heavy atom. The highest BCUT2D eigenvalue weighted by atomic mass is 79.9. The van der Waals surface area contributed by atoms with Gasteiger partial charge >= 0.3 is 0 Å². The van der Waals surface area contributed by atoms with E-state index in [2.05, 4.69) is 33.4 Å². The van der Waals surface area contributed by atoms with Crippen molar-refractivity contribution in [3.05, 3.63) is 52.5 Å². The van der Waals surface area contributed by atoms with E-state index in [1.807, 2.05) is 30.3 Å². The predicted molar refractivity (Wildman–Crippen MR) is 106 cm³/mol. The lowest BCUT2D eigenvalue weighted by atomic mass is 9.97. The quantitative estimate of drug-likeness (QED) is 0.660. The zero-order valence-electron chi connectivity index (χ0n) is 14.6. The third-order valence-electron chi connectivity index (χ3n) is 4.59. The van der Waals surface area contributed by atoms with Crippen molar-refractivity contribution in [2.75, 3.05) is 6.54 Å². The van der Waals surface area contributed by atoms with E-state index < -0.39 is 6.10 Å². The number of carbonyl (C=O) groups excluding carboxylic acids is 1. The molecule has 0 aromatic heterocycles. The molecule has 4 heteroatoms. The Kier molecular flexibility index (Phi) is 6.14. The molecule has 1 atom stereocenters. The highest BCUT2D eigenvalue weighted by Crippen LogP contribution is 2.24. The second kappa shape index (κ2) is 8.52. The van der Waals surface area contributed by atoms with E-state index in [-0.39, 0.29) is 5.91 Å². The fourth-order valence-electron chi connectivity index (χ4n) is 3.15. The van der Waals surface area contributed by atoms with Crippen LogP contribution in [0, 0.1) is 0 Å². The summed E-state index contributed by atoms with van der Waals surface area (Å²) in [6.07, 6.45) is 7.69. The van der Waals surface area contributed by atoms with E-state index in [1.165, 1.54) is 31.3 Å². The van der Waals surface area contributed by atoms with Crippen molar-refractivity contribution in [3.8, 4) is 5.75 Å². The summed E-state index contributed by atoms with van der Waals surface area (Å²) in [5.41, 5.74) is 1.47. The van der Waals surface area contributed by atoms with Gasteiger partial charge in [0, 0.05) is 11.0 Å². The van der Waals surface area contributed by atoms with E-state index in [0.29, 0.717) is 12.3 Å². The van der Waals surface area contributed by atoms with Crippen LogP contribution >= 0.6 is 15.9 Å². The van der Waals surface area contributed by atoms with Crippen LogP contribution in [0.5, 0.6) is 5.75 Å². The molecule has 0 saturated heterocycles. The van der Waals surface area contributed by atoms with Crippen molar-refractivity contribution in [1.29, 1.82) is 0 Å². The summed E-state index contributed by atoms with van der Waals surface area (Å²) >= 11 is 3.47. The Balaban J connectivity index is 1.52. The number of benzene rings is 2. The zero-order valence-corrected chi connectivity index (χ0v) is 16.1. The first-order valence-corrected chi connectivity index (χ1v) is 9.73. The minimum absolute atomic E-state index is 0.0627. The summed E-state index contributed by atoms with van der Waals surface area (Å²) in [4.78, 5) is 12.2. The molecule has 1 N–H and O–H groups in total. The minimum Gasteiger partial charge on any atom is -0.481 e. The summed E-state index contributed by atoms with van der Waals surface area (Å²) in [5, 5.41) is 5.22. The van der Waals surface area contributed by atoms with Gasteiger partial charge < -0.3 is 10.1 Å². The molecule has 2 aromatic rings. The number of rotatable bonds is 6. The Labute approximate surface area is 157 Å². The zero-order chi connectivity index (χ0) is 17.6. The van der Waals surface area contributed by atoms with Crippen LogP contribution in [0.3, 0.4) is 0 Å². The summed E-state index contributed by atoms with van der Waals surface area (Å²) < 4.78 is 6.87. The highest BCUT2D eigenvalue weighted by Gasteiger charge is 2.14. The summed E-state index contributed by atoms with van der Waals surface area (Å²) in [6, 6.07) is 12.0. The van der Waals surface area contributed by atoms with Gasteiger partial charge in [0.25, 0.3) is 5.91 Å². The fraction of sp³-hybridized carbons (Fsp3) is 0.381. The number of ether oxygens (including phenoxy) is 1. The average molecular weight is 402 g/mol. The Bertz CT molecular complexity index is 785. The fourth-order valence-corrected chi connectivity index (χ4v) is 3.53. The van der Waals surface area contributed by atoms with Crippen molar-refractivity contribution in [2.45, 2.75) is 45.1 Å². The molecule has 0 unspecified atom stereocenters. The van der Waals surface area contributed by atoms with Gasteiger partial charge in [-0.3, -0.25) is 4.79 Å². The van der Waals surface area contributed by atoms with Gasteiger partial charge in [-0.15, -0.1) is 0 Å². The molecule has 132 valence electrons. The van der Waals surface area contributed by atoms with E-state index >= 15 is 0 Å². The van der Waals surface area contributed by atoms with Crippen LogP contribution in [0.4, 0.5) is 0 Å². The number of nitrogens with one attached hydrogen (secondary N) is 1. The molecule has 1 aliphatic carbocycles. The SMILES string of the molecule is C[C@@H](Oc1ccc2cc(Br)ccc2c1)C(=O)NCCC1=CCCCC1. The molecule has 3 rings (SSSR count). The second-order valence-electron chi connectivity index (χ2n) is 6.56. The van der Waals surface area contributed by atoms with Crippen molar-refractivity contribution in [1.82, 2.24) is 5.32 Å². The molecule has 25 heavy (non-hydrogen) atoms. The molecule has 0 spiro atoms. The third-order valence-corrected chi connectivity index (χ3v) is 5.08. The van der Waals surface area contributed by atoms with Crippen LogP contribution in [0.1, 0.15) is 39.0 Å². The number of fused-ring (bicyclic) bond motifs is 1. The molecule has 0 saturated carbocycles. The van der Waals surface area contributed by atoms with Crippen LogP contribution in [0.2, 0.25) is 0 Å². The number of carbonyl (C=O) groups is 1. The van der Waals surface area contributed by atoms with Gasteiger partial charge in [0.15, 0.2) is 6.10 Å². The van der Waals surface area contributed by atoms with Gasteiger partial charge in [-0.1, -0.05) is 39.7 Å². The number of halogens is 1. The Hall–Kier alpha value is -1.81. The van der Waals surface area contributed by atoms with Crippen LogP contribution < -0.4 is 10.1 Å². The van der Waals surface area contributed by atoms with E-state index in [9.17, 15) is 4.79 Å². The predicted octanol–water partition coefficient (Wildman–Crippen LogP) is 5.38. The molecule has 0 radical (unpaired) electrons. The van der Waals surface area contributed by atoms with Crippen molar-refractivity contribution >= 4 is 32.6 Å². The van der Waals surface area contributed by atoms with E-state index in [0.717, 1.165) is 21.7 Å². The molecule has 2 aromatic carbocycles. The summed E-state index contributed by atoms with van der Waals surface area (Å²) in [7, 11) is 0. The normalized spacial score (nSPS) is 15.5. The minimum atomic E-state index is -0.506. The largest absolute Gasteiger partial charge is 0.481 e. The van der Waals surface area contributed by atoms with E-state index in [1.54, 1.807) is 6.92 Å². The molecule has 0 fully saturated rings. The molecule has 0 bridgehead atoms. The molecular weight excluding hydrogens is 378 g/mol. The maximum Gasteiger partial charge on any atom is 0.260 e. The van der Waals surface area contributed by atoms with Crippen LogP contribution in [-0.2, 0) is 4.79 Å². The van der Waals surface area contributed by atoms with Gasteiger partial charge in [-0.25, -0.2) is 0 Å². The second-order valence-corrected chi connectivity index (χ2v) is 7.48. The lowest BCUT2D eigenvalue weighted by molar-refractivity contribution is -0.127. The highest BCUT2D eigenvalue weighted by molar-refractivity contribution is 9.10. The number of allylic oxidation sites excluding steroid dienone is 1. The molecule has 0 aliphatic heterocycles. The monoisotopic (exact) mass is 401 g/mol. The molecular formula is C21H24BrNO2. The van der Waals surface area contributed by atoms with Gasteiger partial charge in [0.1, 0.15) is 5.75 Å². The lowest BCUT2D eigenvalue weighted by Gasteiger charge is -2.16. The first-order valence-electron chi connectivity index (χ1n) is 8.93. The number of hydrogen-bond acceptors (Lipinski definition) is 2. The van der Waals surface area contributed by atoms with E-state index in [4.69, 9.17) is 4.74 Å². The smallest absolute Gasteiger partial charge is 0.260 e. The number of hydrogen-bond donors (Lipinski definition) is 1. The summed E-state index contributed by atoms with van der Waals surface area (Å²) in [6.45, 7) is 2.48. The molecule has 3 nitrogen and oxygen atoms in total. The maximum absolute atomic E-state index is 12.2. The molecule has 0 heterocycles. The Morgan fingerprint density at radius 3 is 2.80 bits per heavy atom. The lowest BCUT2D eigenvalue weighted by Crippen LogP contribution is -2.36. The third kappa shape index (κ3) is 5.08. The molecule has 1 aliphatic rings. The standard InChI is InChI=1S/C21H24BrNO2/c1-15(21(24)23-12-11-16-5-3-2-4-6-16)25-20-10-8-17-13-19(22)9-7-18(17)14-20/h5,7-10,13-15H,2-4,6,11-12H2,1H3,(H,23,24)/t15-/m1/s1. The van der Waals surface area contributed by atoms with Crippen LogP contribution in [-0.4, -0.2) is 18.6 Å². The van der Waals surface area contributed by atoms with Gasteiger partial charge in [0.2, 0.25) is 0 Å². The van der Waals surface area contributed by atoms with Gasteiger partial charge in [-0.2, -0.15) is 0 Å².